The molecule has 1 aromatic carbocycles. The number of methoxy groups -OCH3 is 1. The zero-order valence-electron chi connectivity index (χ0n) is 16.1. The van der Waals surface area contributed by atoms with Crippen molar-refractivity contribution in [1.29, 1.82) is 0 Å². The van der Waals surface area contributed by atoms with Crippen molar-refractivity contribution >= 4 is 5.78 Å². The normalized spacial score (nSPS) is 10.9. The van der Waals surface area contributed by atoms with Crippen LogP contribution in [-0.2, 0) is 0 Å². The minimum absolute atomic E-state index is 0.0237. The van der Waals surface area contributed by atoms with Gasteiger partial charge in [0.1, 0.15) is 23.9 Å². The summed E-state index contributed by atoms with van der Waals surface area (Å²) in [5, 5.41) is 8.88. The van der Waals surface area contributed by atoms with Crippen molar-refractivity contribution in [2.45, 2.75) is 13.8 Å². The first-order chi connectivity index (χ1) is 13.5. The number of rotatable bonds is 8. The maximum atomic E-state index is 12.5. The van der Waals surface area contributed by atoms with E-state index in [4.69, 9.17) is 14.6 Å². The van der Waals surface area contributed by atoms with Crippen LogP contribution in [0.3, 0.4) is 0 Å². The summed E-state index contributed by atoms with van der Waals surface area (Å²) in [6.07, 6.45) is 3.41. The van der Waals surface area contributed by atoms with Crippen LogP contribution in [0.15, 0.2) is 48.8 Å². The largest absolute Gasteiger partial charge is 0.491 e. The molecular formula is C21H23N3O4. The smallest absolute Gasteiger partial charge is 0.212 e. The van der Waals surface area contributed by atoms with E-state index >= 15 is 0 Å². The zero-order chi connectivity index (χ0) is 20.1. The van der Waals surface area contributed by atoms with Crippen molar-refractivity contribution in [2.24, 2.45) is 5.92 Å². The lowest BCUT2D eigenvalue weighted by atomic mass is 10.1. The minimum Gasteiger partial charge on any atom is -0.491 e. The summed E-state index contributed by atoms with van der Waals surface area (Å²) in [4.78, 5) is 21.3. The molecule has 2 aromatic heterocycles. The topological polar surface area (TPSA) is 86.5 Å². The van der Waals surface area contributed by atoms with E-state index in [-0.39, 0.29) is 24.9 Å². The highest BCUT2D eigenvalue weighted by Crippen LogP contribution is 2.26. The quantitative estimate of drug-likeness (QED) is 0.603. The minimum atomic E-state index is -0.153. The first-order valence-electron chi connectivity index (χ1n) is 9.01. The maximum Gasteiger partial charge on any atom is 0.212 e. The summed E-state index contributed by atoms with van der Waals surface area (Å²) in [5.41, 5.74) is 2.00. The van der Waals surface area contributed by atoms with E-state index in [0.717, 1.165) is 11.3 Å². The number of aliphatic hydroxyl groups is 1. The molecule has 0 unspecified atom stereocenters. The van der Waals surface area contributed by atoms with Crippen molar-refractivity contribution in [3.8, 4) is 28.7 Å². The van der Waals surface area contributed by atoms with Gasteiger partial charge in [0.15, 0.2) is 5.78 Å². The number of ketones is 1. The third-order valence-corrected chi connectivity index (χ3v) is 4.16. The molecule has 0 atom stereocenters. The number of carbonyl (C=O) groups excluding carboxylic acids is 1. The molecule has 0 aliphatic rings. The van der Waals surface area contributed by atoms with Crippen molar-refractivity contribution in [3.63, 3.8) is 0 Å². The Morgan fingerprint density at radius 2 is 1.93 bits per heavy atom. The monoisotopic (exact) mass is 381 g/mol. The van der Waals surface area contributed by atoms with Crippen molar-refractivity contribution in [1.82, 2.24) is 14.5 Å². The lowest BCUT2D eigenvalue weighted by Crippen LogP contribution is -2.07. The average Bonchev–Trinajstić information content (AvgIpc) is 3.17. The van der Waals surface area contributed by atoms with Gasteiger partial charge in [-0.15, -0.1) is 0 Å². The SMILES string of the molecule is COc1ccc(-c2nc(C(=O)C(C)C)cn2-c2ccc(OCCO)cc2)cn1. The zero-order valence-corrected chi connectivity index (χ0v) is 16.1. The molecule has 0 spiro atoms. The number of hydrogen-bond acceptors (Lipinski definition) is 6. The summed E-state index contributed by atoms with van der Waals surface area (Å²) in [6, 6.07) is 11.0. The molecule has 3 aromatic rings. The predicted molar refractivity (Wildman–Crippen MR) is 105 cm³/mol. The molecule has 2 heterocycles. The standard InChI is InChI=1S/C21H23N3O4/c1-14(2)20(26)18-13-24(16-5-7-17(8-6-16)28-11-10-25)21(23-18)15-4-9-19(27-3)22-12-15/h4-9,12-14,25H,10-11H2,1-3H3. The number of Topliss-reactive ketones (excluding diaryl/α,β-unsaturated/α-hetero) is 1. The molecule has 0 saturated heterocycles. The fraction of sp³-hybridized carbons (Fsp3) is 0.286. The molecule has 0 aliphatic carbocycles. The van der Waals surface area contributed by atoms with Gasteiger partial charge in [-0.3, -0.25) is 9.36 Å². The second-order valence-corrected chi connectivity index (χ2v) is 6.49. The second kappa shape index (κ2) is 8.67. The van der Waals surface area contributed by atoms with Crippen LogP contribution in [0, 0.1) is 5.92 Å². The average molecular weight is 381 g/mol. The first-order valence-corrected chi connectivity index (χ1v) is 9.01. The van der Waals surface area contributed by atoms with Crippen LogP contribution in [0.5, 0.6) is 11.6 Å². The van der Waals surface area contributed by atoms with Crippen LogP contribution >= 0.6 is 0 Å². The van der Waals surface area contributed by atoms with Crippen LogP contribution in [0.2, 0.25) is 0 Å². The van der Waals surface area contributed by atoms with E-state index in [1.54, 1.807) is 25.6 Å². The number of carbonyl (C=O) groups is 1. The maximum absolute atomic E-state index is 12.5. The van der Waals surface area contributed by atoms with E-state index in [2.05, 4.69) is 9.97 Å². The fourth-order valence-corrected chi connectivity index (χ4v) is 2.69. The molecule has 7 heteroatoms. The Labute approximate surface area is 163 Å². The molecule has 146 valence electrons. The van der Waals surface area contributed by atoms with Gasteiger partial charge < -0.3 is 14.6 Å². The lowest BCUT2D eigenvalue weighted by molar-refractivity contribution is 0.0935. The molecule has 0 radical (unpaired) electrons. The summed E-state index contributed by atoms with van der Waals surface area (Å²) in [7, 11) is 1.56. The Bertz CT molecular complexity index is 931. The molecule has 0 saturated carbocycles. The van der Waals surface area contributed by atoms with Crippen molar-refractivity contribution in [2.75, 3.05) is 20.3 Å². The molecular weight excluding hydrogens is 358 g/mol. The van der Waals surface area contributed by atoms with Gasteiger partial charge in [0.05, 0.1) is 13.7 Å². The van der Waals surface area contributed by atoms with Gasteiger partial charge in [0.25, 0.3) is 0 Å². The van der Waals surface area contributed by atoms with Crippen LogP contribution < -0.4 is 9.47 Å². The Balaban J connectivity index is 2.03. The first kappa shape index (κ1) is 19.6. The summed E-state index contributed by atoms with van der Waals surface area (Å²) < 4.78 is 12.4. The number of pyridine rings is 1. The molecule has 7 nitrogen and oxygen atoms in total. The number of benzene rings is 1. The van der Waals surface area contributed by atoms with Gasteiger partial charge in [-0.25, -0.2) is 9.97 Å². The third-order valence-electron chi connectivity index (χ3n) is 4.16. The summed E-state index contributed by atoms with van der Waals surface area (Å²) in [5.74, 6) is 1.60. The number of aromatic nitrogens is 3. The Hall–Kier alpha value is -3.19. The van der Waals surface area contributed by atoms with E-state index < -0.39 is 0 Å². The van der Waals surface area contributed by atoms with Crippen LogP contribution in [0.25, 0.3) is 17.1 Å². The number of imidazole rings is 1. The summed E-state index contributed by atoms with van der Waals surface area (Å²) in [6.45, 7) is 3.89. The van der Waals surface area contributed by atoms with E-state index in [1.807, 2.05) is 48.7 Å². The molecule has 28 heavy (non-hydrogen) atoms. The van der Waals surface area contributed by atoms with E-state index in [0.29, 0.717) is 23.1 Å². The van der Waals surface area contributed by atoms with Crippen LogP contribution in [-0.4, -0.2) is 45.7 Å². The molecule has 0 bridgehead atoms. The molecule has 1 N–H and O–H groups in total. The van der Waals surface area contributed by atoms with Gasteiger partial charge in [-0.2, -0.15) is 0 Å². The number of ether oxygens (including phenoxy) is 2. The van der Waals surface area contributed by atoms with E-state index in [9.17, 15) is 4.79 Å². The predicted octanol–water partition coefficient (Wildman–Crippen LogP) is 3.15. The Morgan fingerprint density at radius 1 is 1.18 bits per heavy atom. The van der Waals surface area contributed by atoms with Gasteiger partial charge in [-0.05, 0) is 30.3 Å². The van der Waals surface area contributed by atoms with Crippen LogP contribution in [0.4, 0.5) is 0 Å². The van der Waals surface area contributed by atoms with Crippen molar-refractivity contribution < 1.29 is 19.4 Å². The highest BCUT2D eigenvalue weighted by atomic mass is 16.5. The fourth-order valence-electron chi connectivity index (χ4n) is 2.69. The molecule has 0 fully saturated rings. The summed E-state index contributed by atoms with van der Waals surface area (Å²) >= 11 is 0. The highest BCUT2D eigenvalue weighted by Gasteiger charge is 2.19. The number of hydrogen-bond donors (Lipinski definition) is 1. The third kappa shape index (κ3) is 4.20. The van der Waals surface area contributed by atoms with Gasteiger partial charge >= 0.3 is 0 Å². The second-order valence-electron chi connectivity index (χ2n) is 6.49. The van der Waals surface area contributed by atoms with Crippen molar-refractivity contribution in [3.05, 3.63) is 54.5 Å². The molecule has 0 aliphatic heterocycles. The molecule has 0 amide bonds. The van der Waals surface area contributed by atoms with E-state index in [1.165, 1.54) is 0 Å². The Morgan fingerprint density at radius 3 is 2.50 bits per heavy atom. The van der Waals surface area contributed by atoms with Gasteiger partial charge in [-0.1, -0.05) is 13.8 Å². The number of nitrogens with zero attached hydrogens (tertiary/aromatic N) is 3. The van der Waals surface area contributed by atoms with Gasteiger partial charge in [0, 0.05) is 35.6 Å². The lowest BCUT2D eigenvalue weighted by Gasteiger charge is -2.09. The number of aliphatic hydroxyl groups excluding tert-OH is 1. The Kier molecular flexibility index (Phi) is 6.06. The highest BCUT2D eigenvalue weighted by molar-refractivity contribution is 5.96. The molecule has 3 rings (SSSR count). The van der Waals surface area contributed by atoms with Crippen LogP contribution in [0.1, 0.15) is 24.3 Å². The van der Waals surface area contributed by atoms with Gasteiger partial charge in [0.2, 0.25) is 5.88 Å².